The van der Waals surface area contributed by atoms with E-state index in [4.69, 9.17) is 4.42 Å². The average Bonchev–Trinajstić information content (AvgIpc) is 3.18. The lowest BCUT2D eigenvalue weighted by atomic mass is 9.84. The Morgan fingerprint density at radius 2 is 1.76 bits per heavy atom. The van der Waals surface area contributed by atoms with Gasteiger partial charge in [0.15, 0.2) is 5.96 Å². The number of halogens is 2. The third-order valence-electron chi connectivity index (χ3n) is 4.53. The summed E-state index contributed by atoms with van der Waals surface area (Å²) in [7, 11) is 1.70. The van der Waals surface area contributed by atoms with Crippen molar-refractivity contribution in [3.05, 3.63) is 77.9 Å². The molecule has 0 saturated heterocycles. The van der Waals surface area contributed by atoms with E-state index in [9.17, 15) is 4.39 Å². The van der Waals surface area contributed by atoms with Gasteiger partial charge in [-0.3, -0.25) is 4.99 Å². The summed E-state index contributed by atoms with van der Waals surface area (Å²) in [5.74, 6) is 1.00. The van der Waals surface area contributed by atoms with E-state index >= 15 is 0 Å². The van der Waals surface area contributed by atoms with E-state index in [1.807, 2.05) is 56.3 Å². The third kappa shape index (κ3) is 6.03. The molecule has 0 aliphatic carbocycles. The summed E-state index contributed by atoms with van der Waals surface area (Å²) in [6.07, 6.45) is 1.63. The smallest absolute Gasteiger partial charge is 0.226 e. The summed E-state index contributed by atoms with van der Waals surface area (Å²) in [5.41, 5.74) is 1.98. The zero-order valence-electron chi connectivity index (χ0n) is 16.8. The second kappa shape index (κ2) is 10.4. The zero-order chi connectivity index (χ0) is 20.0. The summed E-state index contributed by atoms with van der Waals surface area (Å²) in [6, 6.07) is 16.6. The Morgan fingerprint density at radius 1 is 1.07 bits per heavy atom. The van der Waals surface area contributed by atoms with Crippen molar-refractivity contribution in [2.75, 3.05) is 13.6 Å². The van der Waals surface area contributed by atoms with Gasteiger partial charge in [-0.05, 0) is 23.8 Å². The molecule has 0 atom stereocenters. The molecule has 0 fully saturated rings. The van der Waals surface area contributed by atoms with Crippen LogP contribution in [0.15, 0.2) is 70.3 Å². The Kier molecular flexibility index (Phi) is 8.19. The monoisotopic (exact) mass is 508 g/mol. The molecule has 3 aromatic rings. The predicted molar refractivity (Wildman–Crippen MR) is 125 cm³/mol. The number of nitrogens with zero attached hydrogens (tertiary/aromatic N) is 2. The first-order valence-electron chi connectivity index (χ1n) is 9.19. The second-order valence-electron chi connectivity index (χ2n) is 7.15. The van der Waals surface area contributed by atoms with Gasteiger partial charge in [-0.2, -0.15) is 0 Å². The van der Waals surface area contributed by atoms with Gasteiger partial charge in [0.1, 0.15) is 12.1 Å². The molecule has 0 aliphatic rings. The van der Waals surface area contributed by atoms with Gasteiger partial charge in [0.25, 0.3) is 0 Å². The van der Waals surface area contributed by atoms with Gasteiger partial charge in [0.2, 0.25) is 5.89 Å². The molecule has 154 valence electrons. The number of hydrogen-bond acceptors (Lipinski definition) is 3. The van der Waals surface area contributed by atoms with Crippen LogP contribution in [0.5, 0.6) is 0 Å². The fourth-order valence-electron chi connectivity index (χ4n) is 2.91. The molecule has 3 rings (SSSR count). The van der Waals surface area contributed by atoms with Gasteiger partial charge in [0, 0.05) is 24.6 Å². The van der Waals surface area contributed by atoms with E-state index in [1.54, 1.807) is 19.4 Å². The highest BCUT2D eigenvalue weighted by atomic mass is 127. The van der Waals surface area contributed by atoms with Crippen molar-refractivity contribution >= 4 is 29.9 Å². The highest BCUT2D eigenvalue weighted by molar-refractivity contribution is 14.0. The van der Waals surface area contributed by atoms with Crippen LogP contribution in [0.3, 0.4) is 0 Å². The number of nitrogens with one attached hydrogen (secondary N) is 2. The van der Waals surface area contributed by atoms with Crippen LogP contribution in [-0.4, -0.2) is 24.5 Å². The molecule has 0 radical (unpaired) electrons. The summed E-state index contributed by atoms with van der Waals surface area (Å²) in [5, 5.41) is 6.47. The largest absolute Gasteiger partial charge is 0.444 e. The number of aromatic nitrogens is 1. The Bertz CT molecular complexity index is 941. The Balaban J connectivity index is 0.00000300. The van der Waals surface area contributed by atoms with Crippen LogP contribution in [0.2, 0.25) is 0 Å². The van der Waals surface area contributed by atoms with Crippen molar-refractivity contribution in [2.24, 2.45) is 4.99 Å². The van der Waals surface area contributed by atoms with Crippen molar-refractivity contribution in [2.45, 2.75) is 25.8 Å². The summed E-state index contributed by atoms with van der Waals surface area (Å²) >= 11 is 0. The summed E-state index contributed by atoms with van der Waals surface area (Å²) < 4.78 is 19.7. The molecule has 0 unspecified atom stereocenters. The molecule has 5 nitrogen and oxygen atoms in total. The van der Waals surface area contributed by atoms with E-state index < -0.39 is 5.41 Å². The molecule has 0 bridgehead atoms. The molecule has 0 spiro atoms. The second-order valence-corrected chi connectivity index (χ2v) is 7.15. The topological polar surface area (TPSA) is 62.5 Å². The van der Waals surface area contributed by atoms with Gasteiger partial charge < -0.3 is 15.1 Å². The predicted octanol–water partition coefficient (Wildman–Crippen LogP) is 4.74. The van der Waals surface area contributed by atoms with Gasteiger partial charge in [0.05, 0.1) is 12.2 Å². The van der Waals surface area contributed by atoms with Crippen molar-refractivity contribution in [1.82, 2.24) is 15.6 Å². The van der Waals surface area contributed by atoms with Crippen molar-refractivity contribution in [1.29, 1.82) is 0 Å². The fraction of sp³-hybridized carbons (Fsp3) is 0.273. The maximum atomic E-state index is 14.1. The minimum absolute atomic E-state index is 0. The molecule has 7 heteroatoms. The van der Waals surface area contributed by atoms with E-state index in [1.165, 1.54) is 6.07 Å². The molecule has 2 N–H and O–H groups in total. The van der Waals surface area contributed by atoms with Crippen LogP contribution in [0.1, 0.15) is 25.1 Å². The quantitative estimate of drug-likeness (QED) is 0.287. The molecule has 0 saturated carbocycles. The maximum absolute atomic E-state index is 14.1. The molecular formula is C22H26FIN4O. The van der Waals surface area contributed by atoms with E-state index in [-0.39, 0.29) is 29.8 Å². The molecule has 2 aromatic carbocycles. The molecule has 1 heterocycles. The lowest BCUT2D eigenvalue weighted by Gasteiger charge is -2.27. The number of hydrogen-bond donors (Lipinski definition) is 2. The number of benzene rings is 2. The molecule has 29 heavy (non-hydrogen) atoms. The zero-order valence-corrected chi connectivity index (χ0v) is 19.1. The number of guanidine groups is 1. The van der Waals surface area contributed by atoms with Crippen molar-refractivity contribution < 1.29 is 8.81 Å². The molecular weight excluding hydrogens is 482 g/mol. The lowest BCUT2D eigenvalue weighted by molar-refractivity contribution is 0.473. The number of rotatable bonds is 6. The highest BCUT2D eigenvalue weighted by Gasteiger charge is 2.24. The fourth-order valence-corrected chi connectivity index (χ4v) is 2.91. The van der Waals surface area contributed by atoms with Crippen molar-refractivity contribution in [3.8, 4) is 11.5 Å². The van der Waals surface area contributed by atoms with Crippen LogP contribution in [0.25, 0.3) is 11.5 Å². The minimum Gasteiger partial charge on any atom is -0.444 e. The van der Waals surface area contributed by atoms with E-state index in [2.05, 4.69) is 20.6 Å². The first-order valence-corrected chi connectivity index (χ1v) is 9.19. The molecule has 1 aromatic heterocycles. The van der Waals surface area contributed by atoms with Crippen LogP contribution in [-0.2, 0) is 12.0 Å². The third-order valence-corrected chi connectivity index (χ3v) is 4.53. The normalized spacial score (nSPS) is 11.7. The number of oxazole rings is 1. The van der Waals surface area contributed by atoms with Crippen LogP contribution >= 0.6 is 24.0 Å². The Morgan fingerprint density at radius 3 is 2.45 bits per heavy atom. The molecule has 0 amide bonds. The maximum Gasteiger partial charge on any atom is 0.226 e. The standard InChI is InChI=1S/C22H25FN4O.HI/c1-22(2,18-11-7-8-12-19(18)23)15-26-21(24-3)25-13-17-14-28-20(27-17)16-9-5-4-6-10-16;/h4-12,14H,13,15H2,1-3H3,(H2,24,25,26);1H. The van der Waals surface area contributed by atoms with Gasteiger partial charge >= 0.3 is 0 Å². The Hall–Kier alpha value is -2.42. The lowest BCUT2D eigenvalue weighted by Crippen LogP contribution is -2.43. The molecule has 0 aliphatic heterocycles. The summed E-state index contributed by atoms with van der Waals surface area (Å²) in [4.78, 5) is 8.72. The number of aliphatic imine (C=N–C) groups is 1. The average molecular weight is 508 g/mol. The summed E-state index contributed by atoms with van der Waals surface area (Å²) in [6.45, 7) is 4.99. The van der Waals surface area contributed by atoms with E-state index in [0.29, 0.717) is 30.5 Å². The van der Waals surface area contributed by atoms with Crippen molar-refractivity contribution in [3.63, 3.8) is 0 Å². The van der Waals surface area contributed by atoms with Gasteiger partial charge in [-0.15, -0.1) is 24.0 Å². The minimum atomic E-state index is -0.392. The van der Waals surface area contributed by atoms with E-state index in [0.717, 1.165) is 11.3 Å². The first kappa shape index (κ1) is 22.9. The van der Waals surface area contributed by atoms with Gasteiger partial charge in [-0.25, -0.2) is 9.37 Å². The van der Waals surface area contributed by atoms with Crippen LogP contribution in [0.4, 0.5) is 4.39 Å². The van der Waals surface area contributed by atoms with Gasteiger partial charge in [-0.1, -0.05) is 50.2 Å². The SMILES string of the molecule is CN=C(NCc1coc(-c2ccccc2)n1)NCC(C)(C)c1ccccc1F.I. The highest BCUT2D eigenvalue weighted by Crippen LogP contribution is 2.24. The Labute approximate surface area is 187 Å². The van der Waals surface area contributed by atoms with Crippen LogP contribution < -0.4 is 10.6 Å². The van der Waals surface area contributed by atoms with Crippen LogP contribution in [0, 0.1) is 5.82 Å². The first-order chi connectivity index (χ1) is 13.5.